The topological polar surface area (TPSA) is 9.23 Å². The van der Waals surface area contributed by atoms with Crippen molar-refractivity contribution in [2.24, 2.45) is 0 Å². The van der Waals surface area contributed by atoms with Gasteiger partial charge >= 0.3 is 0 Å². The molecule has 0 atom stereocenters. The van der Waals surface area contributed by atoms with E-state index < -0.39 is 0 Å². The van der Waals surface area contributed by atoms with Crippen LogP contribution in [0.1, 0.15) is 11.1 Å². The Kier molecular flexibility index (Phi) is 6.60. The van der Waals surface area contributed by atoms with Crippen molar-refractivity contribution in [1.82, 2.24) is 0 Å². The number of hydrogen-bond donors (Lipinski definition) is 0. The van der Waals surface area contributed by atoms with Gasteiger partial charge in [-0.1, -0.05) is 117 Å². The zero-order valence-electron chi connectivity index (χ0n) is 15.8. The molecule has 0 saturated heterocycles. The quantitative estimate of drug-likeness (QED) is 0.255. The molecule has 1 nitrogen and oxygen atoms in total. The summed E-state index contributed by atoms with van der Waals surface area (Å²) in [5.74, 6) is 0. The molecule has 4 aromatic carbocycles. The number of rotatable bonds is 6. The molecule has 0 N–H and O–H groups in total. The lowest BCUT2D eigenvalue weighted by Crippen LogP contribution is -1.98. The zero-order chi connectivity index (χ0) is 20.1. The number of halogens is 2. The maximum atomic E-state index is 6.18. The lowest BCUT2D eigenvalue weighted by molar-refractivity contribution is 0.108. The number of ether oxygens (including phenoxy) is 1. The largest absolute Gasteiger partial charge is 0.372 e. The Hall–Kier alpha value is -2.20. The van der Waals surface area contributed by atoms with E-state index in [1.54, 1.807) is 0 Å². The smallest absolute Gasteiger partial charge is 0.0727 e. The van der Waals surface area contributed by atoms with Crippen molar-refractivity contribution in [3.63, 3.8) is 0 Å². The maximum absolute atomic E-state index is 6.18. The third kappa shape index (κ3) is 4.69. The summed E-state index contributed by atoms with van der Waals surface area (Å²) in [6.07, 6.45) is 0. The minimum absolute atomic E-state index is 0.557. The number of hydrogen-bond acceptors (Lipinski definition) is 1. The summed E-state index contributed by atoms with van der Waals surface area (Å²) in [6, 6.07) is 33.4. The van der Waals surface area contributed by atoms with Gasteiger partial charge in [-0.3, -0.25) is 0 Å². The van der Waals surface area contributed by atoms with E-state index in [0.717, 1.165) is 8.95 Å². The standard InChI is InChI=1S/C26H20Br2O/c27-25-15-7-5-13-23(25)21-11-3-1-9-19(21)17-29-18-20-10-2-4-12-22(20)24-14-6-8-16-26(24)28/h1-16H,17-18H2. The van der Waals surface area contributed by atoms with Gasteiger partial charge in [0.05, 0.1) is 13.2 Å². The monoisotopic (exact) mass is 506 g/mol. The molecule has 0 saturated carbocycles. The lowest BCUT2D eigenvalue weighted by Gasteiger charge is -2.14. The Morgan fingerprint density at radius 2 is 0.793 bits per heavy atom. The van der Waals surface area contributed by atoms with Crippen LogP contribution in [0.4, 0.5) is 0 Å². The van der Waals surface area contributed by atoms with E-state index in [9.17, 15) is 0 Å². The highest BCUT2D eigenvalue weighted by Gasteiger charge is 2.10. The second-order valence-corrected chi connectivity index (χ2v) is 8.48. The van der Waals surface area contributed by atoms with Crippen LogP contribution in [0.2, 0.25) is 0 Å². The predicted octanol–water partition coefficient (Wildman–Crippen LogP) is 8.26. The van der Waals surface area contributed by atoms with Gasteiger partial charge in [0.25, 0.3) is 0 Å². The third-order valence-corrected chi connectivity index (χ3v) is 6.26. The van der Waals surface area contributed by atoms with Gasteiger partial charge in [0.2, 0.25) is 0 Å². The maximum Gasteiger partial charge on any atom is 0.0727 e. The van der Waals surface area contributed by atoms with Crippen molar-refractivity contribution in [1.29, 1.82) is 0 Å². The first-order valence-electron chi connectivity index (χ1n) is 9.47. The van der Waals surface area contributed by atoms with Crippen molar-refractivity contribution >= 4 is 31.9 Å². The molecule has 0 radical (unpaired) electrons. The van der Waals surface area contributed by atoms with Crippen LogP contribution in [-0.2, 0) is 18.0 Å². The molecule has 0 heterocycles. The van der Waals surface area contributed by atoms with Crippen molar-refractivity contribution in [2.75, 3.05) is 0 Å². The van der Waals surface area contributed by atoms with Crippen molar-refractivity contribution in [3.05, 3.63) is 117 Å². The van der Waals surface area contributed by atoms with Crippen molar-refractivity contribution < 1.29 is 4.74 Å². The normalized spacial score (nSPS) is 10.8. The molecule has 29 heavy (non-hydrogen) atoms. The second-order valence-electron chi connectivity index (χ2n) is 6.77. The molecule has 144 valence electrons. The first-order valence-corrected chi connectivity index (χ1v) is 11.1. The van der Waals surface area contributed by atoms with E-state index in [1.165, 1.54) is 33.4 Å². The van der Waals surface area contributed by atoms with Crippen LogP contribution in [0.25, 0.3) is 22.3 Å². The molecular formula is C26H20Br2O. The summed E-state index contributed by atoms with van der Waals surface area (Å²) >= 11 is 7.34. The van der Waals surface area contributed by atoms with Crippen LogP contribution in [0, 0.1) is 0 Å². The lowest BCUT2D eigenvalue weighted by atomic mass is 9.99. The molecule has 0 unspecified atom stereocenters. The van der Waals surface area contributed by atoms with Gasteiger partial charge in [0.15, 0.2) is 0 Å². The average Bonchev–Trinajstić information content (AvgIpc) is 2.75. The van der Waals surface area contributed by atoms with Crippen LogP contribution < -0.4 is 0 Å². The Labute approximate surface area is 188 Å². The van der Waals surface area contributed by atoms with E-state index in [2.05, 4.69) is 117 Å². The van der Waals surface area contributed by atoms with Crippen LogP contribution in [-0.4, -0.2) is 0 Å². The summed E-state index contributed by atoms with van der Waals surface area (Å²) in [6.45, 7) is 1.11. The first-order chi connectivity index (χ1) is 14.2. The van der Waals surface area contributed by atoms with Crippen LogP contribution in [0.15, 0.2) is 106 Å². The van der Waals surface area contributed by atoms with Gasteiger partial charge in [-0.15, -0.1) is 0 Å². The Balaban J connectivity index is 1.55. The molecule has 4 rings (SSSR count). The van der Waals surface area contributed by atoms with Gasteiger partial charge in [-0.25, -0.2) is 0 Å². The molecule has 0 aliphatic heterocycles. The highest BCUT2D eigenvalue weighted by atomic mass is 79.9. The molecule has 3 heteroatoms. The fourth-order valence-electron chi connectivity index (χ4n) is 3.45. The minimum atomic E-state index is 0.557. The van der Waals surface area contributed by atoms with Gasteiger partial charge in [0.1, 0.15) is 0 Å². The van der Waals surface area contributed by atoms with Gasteiger partial charge in [0, 0.05) is 8.95 Å². The molecule has 0 amide bonds. The predicted molar refractivity (Wildman–Crippen MR) is 128 cm³/mol. The van der Waals surface area contributed by atoms with E-state index >= 15 is 0 Å². The molecule has 0 aliphatic rings. The summed E-state index contributed by atoms with van der Waals surface area (Å²) in [4.78, 5) is 0. The summed E-state index contributed by atoms with van der Waals surface area (Å²) in [5.41, 5.74) is 7.11. The highest BCUT2D eigenvalue weighted by Crippen LogP contribution is 2.33. The highest BCUT2D eigenvalue weighted by molar-refractivity contribution is 9.11. The van der Waals surface area contributed by atoms with Crippen molar-refractivity contribution in [2.45, 2.75) is 13.2 Å². The summed E-state index contributed by atoms with van der Waals surface area (Å²) in [7, 11) is 0. The first kappa shape index (κ1) is 20.1. The zero-order valence-corrected chi connectivity index (χ0v) is 19.0. The molecule has 4 aromatic rings. The summed E-state index contributed by atoms with van der Waals surface area (Å²) < 4.78 is 8.36. The van der Waals surface area contributed by atoms with Crippen LogP contribution >= 0.6 is 31.9 Å². The molecule has 0 spiro atoms. The third-order valence-electron chi connectivity index (χ3n) is 4.88. The van der Waals surface area contributed by atoms with Crippen molar-refractivity contribution in [3.8, 4) is 22.3 Å². The Morgan fingerprint density at radius 3 is 1.21 bits per heavy atom. The van der Waals surface area contributed by atoms with E-state index in [-0.39, 0.29) is 0 Å². The fraction of sp³-hybridized carbons (Fsp3) is 0.0769. The van der Waals surface area contributed by atoms with E-state index in [4.69, 9.17) is 4.74 Å². The van der Waals surface area contributed by atoms with E-state index in [0.29, 0.717) is 13.2 Å². The van der Waals surface area contributed by atoms with Gasteiger partial charge in [-0.05, 0) is 45.5 Å². The van der Waals surface area contributed by atoms with E-state index in [1.807, 2.05) is 12.1 Å². The molecular weight excluding hydrogens is 488 g/mol. The molecule has 0 aliphatic carbocycles. The average molecular weight is 508 g/mol. The minimum Gasteiger partial charge on any atom is -0.372 e. The van der Waals surface area contributed by atoms with Gasteiger partial charge < -0.3 is 4.74 Å². The second kappa shape index (κ2) is 9.53. The SMILES string of the molecule is Brc1ccccc1-c1ccccc1COCc1ccccc1-c1ccccc1Br. The Bertz CT molecular complexity index is 1030. The van der Waals surface area contributed by atoms with Crippen LogP contribution in [0.3, 0.4) is 0 Å². The fourth-order valence-corrected chi connectivity index (χ4v) is 4.44. The Morgan fingerprint density at radius 1 is 0.448 bits per heavy atom. The number of benzene rings is 4. The molecule has 0 bridgehead atoms. The molecule has 0 fully saturated rings. The van der Waals surface area contributed by atoms with Crippen LogP contribution in [0.5, 0.6) is 0 Å². The summed E-state index contributed by atoms with van der Waals surface area (Å²) in [5, 5.41) is 0. The molecule has 0 aromatic heterocycles. The van der Waals surface area contributed by atoms with Gasteiger partial charge in [-0.2, -0.15) is 0 Å².